The second-order valence-corrected chi connectivity index (χ2v) is 4.41. The lowest BCUT2D eigenvalue weighted by Gasteiger charge is -2.08. The third kappa shape index (κ3) is 2.29. The van der Waals surface area contributed by atoms with E-state index in [1.54, 1.807) is 24.3 Å². The fourth-order valence-corrected chi connectivity index (χ4v) is 2.37. The summed E-state index contributed by atoms with van der Waals surface area (Å²) in [7, 11) is 0. The Labute approximate surface area is 92.6 Å². The lowest BCUT2D eigenvalue weighted by atomic mass is 10.3. The molecule has 6 heteroatoms. The summed E-state index contributed by atoms with van der Waals surface area (Å²) < 4.78 is 36.7. The Balaban J connectivity index is 2.53. The van der Waals surface area contributed by atoms with Gasteiger partial charge in [-0.3, -0.25) is 4.99 Å². The van der Waals surface area contributed by atoms with Crippen molar-refractivity contribution >= 4 is 28.3 Å². The number of nitrogens with zero attached hydrogens (tertiary/aromatic N) is 1. The van der Waals surface area contributed by atoms with E-state index in [-0.39, 0.29) is 16.7 Å². The smallest absolute Gasteiger partial charge is 0.260 e. The van der Waals surface area contributed by atoms with Crippen LogP contribution in [0.25, 0.3) is 4.91 Å². The zero-order chi connectivity index (χ0) is 11.1. The quantitative estimate of drug-likeness (QED) is 0.551. The molecule has 0 N–H and O–H groups in total. The van der Waals surface area contributed by atoms with E-state index in [2.05, 4.69) is 4.99 Å². The molecule has 0 aliphatic carbocycles. The molecule has 1 aromatic rings. The number of alkyl halides is 4. The van der Waals surface area contributed by atoms with Crippen molar-refractivity contribution in [3.8, 4) is 0 Å². The van der Waals surface area contributed by atoms with Crippen LogP contribution in [0.3, 0.4) is 0 Å². The third-order valence-electron chi connectivity index (χ3n) is 1.86. The Hall–Kier alpha value is -0.680. The second kappa shape index (κ2) is 3.72. The first kappa shape index (κ1) is 10.8. The molecule has 1 aliphatic rings. The number of hydrogen-bond acceptors (Lipinski definition) is 2. The van der Waals surface area contributed by atoms with E-state index in [4.69, 9.17) is 11.6 Å². The van der Waals surface area contributed by atoms with E-state index >= 15 is 0 Å². The van der Waals surface area contributed by atoms with Crippen LogP contribution < -0.4 is 10.6 Å². The number of fused-ring (bicyclic) bond motifs is 1. The van der Waals surface area contributed by atoms with Gasteiger partial charge in [-0.05, 0) is 17.8 Å². The summed E-state index contributed by atoms with van der Waals surface area (Å²) >= 11 is 5.53. The summed E-state index contributed by atoms with van der Waals surface area (Å²) in [5.41, 5.74) is -5.25. The molecular weight excluding hydrogens is 247 g/mol. The molecule has 1 heterocycles. The van der Waals surface area contributed by atoms with Gasteiger partial charge in [0.05, 0.1) is 5.36 Å². The summed E-state index contributed by atoms with van der Waals surface area (Å²) in [6, 6.07) is 6.62. The molecule has 1 aromatic carbocycles. The van der Waals surface area contributed by atoms with E-state index in [1.165, 1.54) is 0 Å². The van der Waals surface area contributed by atoms with Crippen molar-refractivity contribution < 1.29 is 13.2 Å². The van der Waals surface area contributed by atoms with Gasteiger partial charge < -0.3 is 0 Å². The minimum atomic E-state index is -4.32. The Morgan fingerprint density at radius 2 is 1.93 bits per heavy atom. The van der Waals surface area contributed by atoms with Crippen molar-refractivity contribution in [1.29, 1.82) is 0 Å². The van der Waals surface area contributed by atoms with Crippen LogP contribution in [0, 0.1) is 0 Å². The average molecular weight is 252 g/mol. The van der Waals surface area contributed by atoms with Gasteiger partial charge in [0.1, 0.15) is 0 Å². The minimum Gasteiger partial charge on any atom is -0.260 e. The van der Waals surface area contributed by atoms with E-state index in [1.807, 2.05) is 0 Å². The predicted molar refractivity (Wildman–Crippen MR) is 53.9 cm³/mol. The lowest BCUT2D eigenvalue weighted by Crippen LogP contribution is -2.22. The summed E-state index contributed by atoms with van der Waals surface area (Å²) in [6.07, 6.45) is 0. The summed E-state index contributed by atoms with van der Waals surface area (Å²) in [5.74, 6) is 0. The number of halogens is 4. The molecular formula is C9H5ClF3NS. The highest BCUT2D eigenvalue weighted by Crippen LogP contribution is 2.40. The third-order valence-corrected chi connectivity index (χ3v) is 3.20. The number of para-hydroxylation sites is 1. The number of hydrogen-bond donors (Lipinski definition) is 0. The van der Waals surface area contributed by atoms with Crippen molar-refractivity contribution in [2.75, 3.05) is 0 Å². The number of thioether (sulfide) groups is 1. The van der Waals surface area contributed by atoms with Crippen molar-refractivity contribution in [2.45, 2.75) is 11.0 Å². The SMILES string of the molecule is FC(F)(F)SC1=c2ccccc2=NC1Cl. The van der Waals surface area contributed by atoms with Gasteiger partial charge in [-0.25, -0.2) is 0 Å². The summed E-state index contributed by atoms with van der Waals surface area (Å²) in [6.45, 7) is 0. The maximum absolute atomic E-state index is 12.2. The van der Waals surface area contributed by atoms with Gasteiger partial charge in [0.2, 0.25) is 0 Å². The fraction of sp³-hybridized carbons (Fsp3) is 0.222. The van der Waals surface area contributed by atoms with Crippen LogP contribution >= 0.6 is 23.4 Å². The molecule has 1 nitrogen and oxygen atoms in total. The summed E-state index contributed by atoms with van der Waals surface area (Å²) in [4.78, 5) is 3.98. The highest BCUT2D eigenvalue weighted by atomic mass is 35.5. The van der Waals surface area contributed by atoms with Crippen molar-refractivity contribution in [2.24, 2.45) is 4.99 Å². The van der Waals surface area contributed by atoms with Crippen LogP contribution in [0.1, 0.15) is 0 Å². The van der Waals surface area contributed by atoms with Crippen LogP contribution in [0.15, 0.2) is 29.3 Å². The highest BCUT2D eigenvalue weighted by molar-refractivity contribution is 8.08. The topological polar surface area (TPSA) is 12.4 Å². The Morgan fingerprint density at radius 1 is 1.27 bits per heavy atom. The molecule has 80 valence electrons. The Bertz CT molecular complexity index is 497. The largest absolute Gasteiger partial charge is 0.446 e. The summed E-state index contributed by atoms with van der Waals surface area (Å²) in [5, 5.41) is 0.990. The molecule has 15 heavy (non-hydrogen) atoms. The zero-order valence-electron chi connectivity index (χ0n) is 7.25. The number of rotatable bonds is 1. The standard InChI is InChI=1S/C9H5ClF3NS/c10-8-7(15-9(11,12)13)5-3-1-2-4-6(5)14-8/h1-4,8H. The van der Waals surface area contributed by atoms with Gasteiger partial charge in [-0.1, -0.05) is 29.8 Å². The molecule has 0 saturated heterocycles. The lowest BCUT2D eigenvalue weighted by molar-refractivity contribution is -0.0318. The second-order valence-electron chi connectivity index (χ2n) is 2.89. The monoisotopic (exact) mass is 251 g/mol. The van der Waals surface area contributed by atoms with E-state index in [9.17, 15) is 13.2 Å². The van der Waals surface area contributed by atoms with Gasteiger partial charge >= 0.3 is 5.51 Å². The first-order chi connectivity index (χ1) is 6.97. The molecule has 0 radical (unpaired) electrons. The maximum atomic E-state index is 12.2. The zero-order valence-corrected chi connectivity index (χ0v) is 8.83. The molecule has 0 aromatic heterocycles. The molecule has 1 atom stereocenters. The maximum Gasteiger partial charge on any atom is 0.446 e. The average Bonchev–Trinajstić information content (AvgIpc) is 2.41. The molecule has 2 rings (SSSR count). The molecule has 0 spiro atoms. The van der Waals surface area contributed by atoms with E-state index < -0.39 is 11.0 Å². The Morgan fingerprint density at radius 3 is 2.60 bits per heavy atom. The molecule has 0 bridgehead atoms. The van der Waals surface area contributed by atoms with Crippen LogP contribution in [-0.4, -0.2) is 11.0 Å². The van der Waals surface area contributed by atoms with Crippen molar-refractivity contribution in [1.82, 2.24) is 0 Å². The van der Waals surface area contributed by atoms with E-state index in [0.717, 1.165) is 0 Å². The first-order valence-corrected chi connectivity index (χ1v) is 5.29. The van der Waals surface area contributed by atoms with Crippen molar-refractivity contribution in [3.05, 3.63) is 34.8 Å². The molecule has 0 fully saturated rings. The van der Waals surface area contributed by atoms with Crippen molar-refractivity contribution in [3.63, 3.8) is 0 Å². The fourth-order valence-electron chi connectivity index (χ4n) is 1.33. The molecule has 0 saturated carbocycles. The molecule has 1 aliphatic heterocycles. The molecule has 1 unspecified atom stereocenters. The predicted octanol–water partition coefficient (Wildman–Crippen LogP) is 2.25. The van der Waals surface area contributed by atoms with Gasteiger partial charge in [-0.15, -0.1) is 0 Å². The minimum absolute atomic E-state index is 0.0553. The van der Waals surface area contributed by atoms with Crippen LogP contribution in [0.2, 0.25) is 0 Å². The van der Waals surface area contributed by atoms with E-state index in [0.29, 0.717) is 10.6 Å². The van der Waals surface area contributed by atoms with Crippen LogP contribution in [-0.2, 0) is 0 Å². The van der Waals surface area contributed by atoms with Gasteiger partial charge in [0.15, 0.2) is 5.50 Å². The van der Waals surface area contributed by atoms with Crippen LogP contribution in [0.5, 0.6) is 0 Å². The Kier molecular flexibility index (Phi) is 2.68. The molecule has 0 amide bonds. The highest BCUT2D eigenvalue weighted by Gasteiger charge is 2.34. The van der Waals surface area contributed by atoms with Gasteiger partial charge in [0.25, 0.3) is 0 Å². The normalized spacial score (nSPS) is 20.0. The van der Waals surface area contributed by atoms with Crippen LogP contribution in [0.4, 0.5) is 13.2 Å². The van der Waals surface area contributed by atoms with Gasteiger partial charge in [0, 0.05) is 10.1 Å². The van der Waals surface area contributed by atoms with Gasteiger partial charge in [-0.2, -0.15) is 13.2 Å². The number of benzene rings is 1. The first-order valence-electron chi connectivity index (χ1n) is 4.04.